The molecule has 1 heterocycles. The van der Waals surface area contributed by atoms with Gasteiger partial charge in [0, 0.05) is 32.0 Å². The monoisotopic (exact) mass is 442 g/mol. The zero-order valence-electron chi connectivity index (χ0n) is 14.6. The number of aliphatic imine (C=N–C) groups is 1. The van der Waals surface area contributed by atoms with Gasteiger partial charge in [-0.1, -0.05) is 12.1 Å². The van der Waals surface area contributed by atoms with E-state index >= 15 is 0 Å². The molecule has 0 radical (unpaired) electrons. The minimum Gasteiger partial charge on any atom is -0.496 e. The summed E-state index contributed by atoms with van der Waals surface area (Å²) in [6, 6.07) is 10.2. The lowest BCUT2D eigenvalue weighted by Gasteiger charge is -2.12. The lowest BCUT2D eigenvalue weighted by Crippen LogP contribution is -2.38. The maximum Gasteiger partial charge on any atom is 0.191 e. The summed E-state index contributed by atoms with van der Waals surface area (Å²) in [5, 5.41) is 6.63. The molecule has 0 aliphatic heterocycles. The largest absolute Gasteiger partial charge is 0.496 e. The number of nitrogens with zero attached hydrogens (tertiary/aromatic N) is 2. The average molecular weight is 442 g/mol. The molecular formula is C18H27IN4O. The van der Waals surface area contributed by atoms with Crippen LogP contribution in [0.1, 0.15) is 18.1 Å². The van der Waals surface area contributed by atoms with E-state index in [1.807, 2.05) is 25.1 Å². The van der Waals surface area contributed by atoms with Crippen LogP contribution in [0.15, 0.2) is 47.7 Å². The molecule has 0 saturated carbocycles. The summed E-state index contributed by atoms with van der Waals surface area (Å²) >= 11 is 0. The SMILES string of the molecule is CCNC(=NCc1ccc(OC)c(C)c1)NCCn1cccc1.I. The van der Waals surface area contributed by atoms with Crippen molar-refractivity contribution in [1.29, 1.82) is 0 Å². The van der Waals surface area contributed by atoms with Crippen LogP contribution in [0.2, 0.25) is 0 Å². The molecule has 2 N–H and O–H groups in total. The highest BCUT2D eigenvalue weighted by molar-refractivity contribution is 14.0. The number of aryl methyl sites for hydroxylation is 1. The van der Waals surface area contributed by atoms with Crippen LogP contribution in [-0.4, -0.2) is 30.7 Å². The van der Waals surface area contributed by atoms with Crippen LogP contribution < -0.4 is 15.4 Å². The zero-order valence-corrected chi connectivity index (χ0v) is 16.9. The van der Waals surface area contributed by atoms with Crippen molar-refractivity contribution < 1.29 is 4.74 Å². The van der Waals surface area contributed by atoms with Crippen LogP contribution in [0.4, 0.5) is 0 Å². The van der Waals surface area contributed by atoms with Gasteiger partial charge in [-0.2, -0.15) is 0 Å². The second-order valence-electron chi connectivity index (χ2n) is 5.35. The van der Waals surface area contributed by atoms with Crippen LogP contribution in [0.3, 0.4) is 0 Å². The summed E-state index contributed by atoms with van der Waals surface area (Å²) in [6.07, 6.45) is 4.12. The van der Waals surface area contributed by atoms with E-state index in [0.717, 1.165) is 36.9 Å². The normalized spacial score (nSPS) is 10.9. The number of hydrogen-bond acceptors (Lipinski definition) is 2. The number of methoxy groups -OCH3 is 1. The highest BCUT2D eigenvalue weighted by Gasteiger charge is 2.01. The molecule has 0 aliphatic carbocycles. The van der Waals surface area contributed by atoms with Crippen molar-refractivity contribution >= 4 is 29.9 Å². The fourth-order valence-corrected chi connectivity index (χ4v) is 2.37. The highest BCUT2D eigenvalue weighted by Crippen LogP contribution is 2.18. The smallest absolute Gasteiger partial charge is 0.191 e. The van der Waals surface area contributed by atoms with E-state index in [1.54, 1.807) is 7.11 Å². The van der Waals surface area contributed by atoms with Gasteiger partial charge in [0.1, 0.15) is 5.75 Å². The Hall–Kier alpha value is -1.70. The summed E-state index contributed by atoms with van der Waals surface area (Å²) in [5.41, 5.74) is 2.30. The number of rotatable bonds is 7. The number of nitrogens with one attached hydrogen (secondary N) is 2. The van der Waals surface area contributed by atoms with Crippen molar-refractivity contribution in [3.05, 3.63) is 53.9 Å². The number of guanidine groups is 1. The van der Waals surface area contributed by atoms with Crippen molar-refractivity contribution in [2.45, 2.75) is 26.9 Å². The van der Waals surface area contributed by atoms with Gasteiger partial charge >= 0.3 is 0 Å². The molecule has 6 heteroatoms. The summed E-state index contributed by atoms with van der Waals surface area (Å²) in [5.74, 6) is 1.75. The lowest BCUT2D eigenvalue weighted by molar-refractivity contribution is 0.411. The van der Waals surface area contributed by atoms with E-state index in [-0.39, 0.29) is 24.0 Å². The Morgan fingerprint density at radius 3 is 2.58 bits per heavy atom. The van der Waals surface area contributed by atoms with Crippen LogP contribution in [0.5, 0.6) is 5.75 Å². The summed E-state index contributed by atoms with van der Waals surface area (Å²) < 4.78 is 7.43. The van der Waals surface area contributed by atoms with E-state index in [2.05, 4.69) is 51.6 Å². The number of aromatic nitrogens is 1. The molecule has 1 aromatic carbocycles. The second-order valence-corrected chi connectivity index (χ2v) is 5.35. The molecule has 132 valence electrons. The molecule has 0 amide bonds. The standard InChI is InChI=1S/C18H26N4O.HI/c1-4-19-18(20-9-12-22-10-5-6-11-22)21-14-16-7-8-17(23-3)15(2)13-16;/h5-8,10-11,13H,4,9,12,14H2,1-3H3,(H2,19,20,21);1H. The summed E-state index contributed by atoms with van der Waals surface area (Å²) in [4.78, 5) is 4.64. The maximum atomic E-state index is 5.29. The van der Waals surface area contributed by atoms with Crippen molar-refractivity contribution in [2.24, 2.45) is 4.99 Å². The zero-order chi connectivity index (χ0) is 16.5. The molecule has 0 spiro atoms. The van der Waals surface area contributed by atoms with Gasteiger partial charge in [-0.05, 0) is 43.2 Å². The molecule has 24 heavy (non-hydrogen) atoms. The van der Waals surface area contributed by atoms with E-state index in [9.17, 15) is 0 Å². The van der Waals surface area contributed by atoms with Gasteiger partial charge in [0.25, 0.3) is 0 Å². The average Bonchev–Trinajstić information content (AvgIpc) is 3.06. The van der Waals surface area contributed by atoms with E-state index in [0.29, 0.717) is 6.54 Å². The first kappa shape index (κ1) is 20.3. The van der Waals surface area contributed by atoms with Crippen molar-refractivity contribution in [2.75, 3.05) is 20.2 Å². The Bertz CT molecular complexity index is 626. The maximum absolute atomic E-state index is 5.29. The fourth-order valence-electron chi connectivity index (χ4n) is 2.37. The molecule has 1 aromatic heterocycles. The van der Waals surface area contributed by atoms with Gasteiger partial charge in [-0.25, -0.2) is 4.99 Å². The Labute approximate surface area is 161 Å². The summed E-state index contributed by atoms with van der Waals surface area (Å²) in [6.45, 7) is 7.36. The van der Waals surface area contributed by atoms with Gasteiger partial charge < -0.3 is 19.9 Å². The van der Waals surface area contributed by atoms with Crippen LogP contribution in [0, 0.1) is 6.92 Å². The van der Waals surface area contributed by atoms with Gasteiger partial charge in [-0.3, -0.25) is 0 Å². The Balaban J connectivity index is 0.00000288. The molecule has 5 nitrogen and oxygen atoms in total. The van der Waals surface area contributed by atoms with E-state index in [1.165, 1.54) is 5.56 Å². The van der Waals surface area contributed by atoms with Gasteiger partial charge in [-0.15, -0.1) is 24.0 Å². The predicted molar refractivity (Wildman–Crippen MR) is 110 cm³/mol. The van der Waals surface area contributed by atoms with E-state index in [4.69, 9.17) is 4.74 Å². The lowest BCUT2D eigenvalue weighted by atomic mass is 10.1. The number of halogens is 1. The third kappa shape index (κ3) is 6.43. The van der Waals surface area contributed by atoms with Crippen molar-refractivity contribution in [1.82, 2.24) is 15.2 Å². The van der Waals surface area contributed by atoms with Crippen molar-refractivity contribution in [3.8, 4) is 5.75 Å². The molecule has 0 aliphatic rings. The molecule has 0 fully saturated rings. The Kier molecular flexibility index (Phi) is 9.29. The van der Waals surface area contributed by atoms with Gasteiger partial charge in [0.05, 0.1) is 13.7 Å². The van der Waals surface area contributed by atoms with Crippen molar-refractivity contribution in [3.63, 3.8) is 0 Å². The topological polar surface area (TPSA) is 50.6 Å². The van der Waals surface area contributed by atoms with Crippen LogP contribution in [0.25, 0.3) is 0 Å². The summed E-state index contributed by atoms with van der Waals surface area (Å²) in [7, 11) is 1.69. The van der Waals surface area contributed by atoms with E-state index < -0.39 is 0 Å². The Morgan fingerprint density at radius 1 is 1.21 bits per heavy atom. The minimum absolute atomic E-state index is 0. The predicted octanol–water partition coefficient (Wildman–Crippen LogP) is 3.18. The highest BCUT2D eigenvalue weighted by atomic mass is 127. The third-order valence-electron chi connectivity index (χ3n) is 3.55. The number of benzene rings is 1. The number of hydrogen-bond donors (Lipinski definition) is 2. The third-order valence-corrected chi connectivity index (χ3v) is 3.55. The number of ether oxygens (including phenoxy) is 1. The fraction of sp³-hybridized carbons (Fsp3) is 0.389. The van der Waals surface area contributed by atoms with Crippen LogP contribution in [-0.2, 0) is 13.1 Å². The van der Waals surface area contributed by atoms with Gasteiger partial charge in [0.2, 0.25) is 0 Å². The second kappa shape index (κ2) is 11.0. The quantitative estimate of drug-likeness (QED) is 0.394. The molecular weight excluding hydrogens is 415 g/mol. The molecule has 0 atom stereocenters. The minimum atomic E-state index is 0. The first-order chi connectivity index (χ1) is 11.2. The molecule has 0 unspecified atom stereocenters. The molecule has 0 saturated heterocycles. The molecule has 0 bridgehead atoms. The molecule has 2 rings (SSSR count). The van der Waals surface area contributed by atoms with Gasteiger partial charge in [0.15, 0.2) is 5.96 Å². The molecule has 2 aromatic rings. The van der Waals surface area contributed by atoms with Crippen LogP contribution >= 0.6 is 24.0 Å². The first-order valence-corrected chi connectivity index (χ1v) is 7.99. The Morgan fingerprint density at radius 2 is 1.96 bits per heavy atom. The first-order valence-electron chi connectivity index (χ1n) is 7.99.